The van der Waals surface area contributed by atoms with Crippen LogP contribution in [0.2, 0.25) is 0 Å². The highest BCUT2D eigenvalue weighted by Gasteiger charge is 2.23. The second-order valence-electron chi connectivity index (χ2n) is 5.91. The minimum Gasteiger partial charge on any atom is -0.441 e. The molecule has 5 nitrogen and oxygen atoms in total. The molecule has 0 saturated heterocycles. The standard InChI is InChI=1S/C19H20N2O3S/c1-14-9-7-8-12-17(14)19-20-18(15(2)24-19)13-21(3)25(22,23)16-10-5-4-6-11-16/h4-12H,13H2,1-3H3. The van der Waals surface area contributed by atoms with Crippen LogP contribution in [-0.2, 0) is 16.6 Å². The van der Waals surface area contributed by atoms with Gasteiger partial charge in [-0.1, -0.05) is 36.4 Å². The van der Waals surface area contributed by atoms with E-state index in [9.17, 15) is 8.42 Å². The maximum atomic E-state index is 12.6. The summed E-state index contributed by atoms with van der Waals surface area (Å²) in [6.45, 7) is 3.94. The van der Waals surface area contributed by atoms with Crippen molar-refractivity contribution < 1.29 is 12.8 Å². The van der Waals surface area contributed by atoms with E-state index in [1.807, 2.05) is 31.2 Å². The van der Waals surface area contributed by atoms with E-state index in [4.69, 9.17) is 4.42 Å². The molecule has 0 amide bonds. The first-order valence-corrected chi connectivity index (χ1v) is 9.37. The number of hydrogen-bond donors (Lipinski definition) is 0. The Hall–Kier alpha value is -2.44. The molecule has 0 saturated carbocycles. The molecule has 0 unspecified atom stereocenters. The molecule has 3 rings (SSSR count). The highest BCUT2D eigenvalue weighted by molar-refractivity contribution is 7.89. The van der Waals surface area contributed by atoms with E-state index >= 15 is 0 Å². The predicted octanol–water partition coefficient (Wildman–Crippen LogP) is 3.78. The number of hydrogen-bond acceptors (Lipinski definition) is 4. The van der Waals surface area contributed by atoms with E-state index in [1.165, 1.54) is 4.31 Å². The number of oxazole rings is 1. The Morgan fingerprint density at radius 1 is 1.00 bits per heavy atom. The van der Waals surface area contributed by atoms with E-state index in [1.54, 1.807) is 44.3 Å². The molecule has 6 heteroatoms. The molecule has 0 aliphatic carbocycles. The van der Waals surface area contributed by atoms with Crippen molar-refractivity contribution in [2.45, 2.75) is 25.3 Å². The monoisotopic (exact) mass is 356 g/mol. The van der Waals surface area contributed by atoms with Crippen LogP contribution in [0, 0.1) is 13.8 Å². The lowest BCUT2D eigenvalue weighted by atomic mass is 10.1. The second-order valence-corrected chi connectivity index (χ2v) is 7.96. The Morgan fingerprint density at radius 2 is 1.64 bits per heavy atom. The maximum Gasteiger partial charge on any atom is 0.243 e. The average Bonchev–Trinajstić information content (AvgIpc) is 2.96. The molecule has 25 heavy (non-hydrogen) atoms. The van der Waals surface area contributed by atoms with Gasteiger partial charge >= 0.3 is 0 Å². The SMILES string of the molecule is Cc1ccccc1-c1nc(CN(C)S(=O)(=O)c2ccccc2)c(C)o1. The Morgan fingerprint density at radius 3 is 2.32 bits per heavy atom. The molecule has 1 heterocycles. The van der Waals surface area contributed by atoms with Crippen LogP contribution in [0.4, 0.5) is 0 Å². The van der Waals surface area contributed by atoms with Crippen LogP contribution in [0.15, 0.2) is 63.9 Å². The molecule has 0 bridgehead atoms. The fourth-order valence-corrected chi connectivity index (χ4v) is 3.72. The van der Waals surface area contributed by atoms with Crippen molar-refractivity contribution in [3.63, 3.8) is 0 Å². The molecule has 2 aromatic carbocycles. The lowest BCUT2D eigenvalue weighted by molar-refractivity contribution is 0.457. The third-order valence-corrected chi connectivity index (χ3v) is 5.91. The third kappa shape index (κ3) is 3.50. The first-order valence-electron chi connectivity index (χ1n) is 7.93. The van der Waals surface area contributed by atoms with Gasteiger partial charge in [-0.25, -0.2) is 13.4 Å². The van der Waals surface area contributed by atoms with Crippen LogP contribution in [0.3, 0.4) is 0 Å². The van der Waals surface area contributed by atoms with E-state index in [-0.39, 0.29) is 11.4 Å². The first-order chi connectivity index (χ1) is 11.9. The Kier molecular flexibility index (Phi) is 4.74. The van der Waals surface area contributed by atoms with Crippen molar-refractivity contribution in [2.24, 2.45) is 0 Å². The second kappa shape index (κ2) is 6.82. The van der Waals surface area contributed by atoms with E-state index in [0.29, 0.717) is 17.3 Å². The summed E-state index contributed by atoms with van der Waals surface area (Å²) in [6.07, 6.45) is 0. The summed E-state index contributed by atoms with van der Waals surface area (Å²) < 4.78 is 32.3. The Balaban J connectivity index is 1.88. The predicted molar refractivity (Wildman–Crippen MR) is 96.5 cm³/mol. The van der Waals surface area contributed by atoms with Crippen molar-refractivity contribution in [1.29, 1.82) is 0 Å². The van der Waals surface area contributed by atoms with Gasteiger partial charge in [0.1, 0.15) is 5.76 Å². The van der Waals surface area contributed by atoms with Crippen LogP contribution < -0.4 is 0 Å². The van der Waals surface area contributed by atoms with Gasteiger partial charge in [0, 0.05) is 12.6 Å². The number of aryl methyl sites for hydroxylation is 2. The topological polar surface area (TPSA) is 63.4 Å². The Bertz CT molecular complexity index is 979. The molecule has 0 spiro atoms. The van der Waals surface area contributed by atoms with Gasteiger partial charge in [0.25, 0.3) is 0 Å². The van der Waals surface area contributed by atoms with Gasteiger partial charge in [-0.05, 0) is 37.6 Å². The Labute approximate surface area is 148 Å². The number of rotatable bonds is 5. The van der Waals surface area contributed by atoms with Crippen molar-refractivity contribution in [3.8, 4) is 11.5 Å². The molecule has 0 N–H and O–H groups in total. The van der Waals surface area contributed by atoms with Gasteiger partial charge in [0.15, 0.2) is 0 Å². The van der Waals surface area contributed by atoms with Crippen LogP contribution in [0.5, 0.6) is 0 Å². The van der Waals surface area contributed by atoms with Crippen molar-refractivity contribution in [1.82, 2.24) is 9.29 Å². The lowest BCUT2D eigenvalue weighted by Gasteiger charge is -2.16. The quantitative estimate of drug-likeness (QED) is 0.698. The third-order valence-electron chi connectivity index (χ3n) is 4.09. The molecular formula is C19H20N2O3S. The number of nitrogens with zero attached hydrogens (tertiary/aromatic N) is 2. The van der Waals surface area contributed by atoms with Gasteiger partial charge in [-0.15, -0.1) is 0 Å². The first kappa shape index (κ1) is 17.4. The highest BCUT2D eigenvalue weighted by Crippen LogP contribution is 2.26. The van der Waals surface area contributed by atoms with E-state index < -0.39 is 10.0 Å². The van der Waals surface area contributed by atoms with Gasteiger partial charge in [-0.2, -0.15) is 4.31 Å². The summed E-state index contributed by atoms with van der Waals surface area (Å²) >= 11 is 0. The smallest absolute Gasteiger partial charge is 0.243 e. The average molecular weight is 356 g/mol. The zero-order valence-electron chi connectivity index (χ0n) is 14.4. The largest absolute Gasteiger partial charge is 0.441 e. The van der Waals surface area contributed by atoms with Crippen LogP contribution >= 0.6 is 0 Å². The minimum atomic E-state index is -3.57. The summed E-state index contributed by atoms with van der Waals surface area (Å²) in [5.74, 6) is 1.13. The van der Waals surface area contributed by atoms with Crippen LogP contribution in [-0.4, -0.2) is 24.8 Å². The van der Waals surface area contributed by atoms with E-state index in [2.05, 4.69) is 4.98 Å². The van der Waals surface area contributed by atoms with Gasteiger partial charge in [0.2, 0.25) is 15.9 Å². The summed E-state index contributed by atoms with van der Waals surface area (Å²) in [7, 11) is -2.02. The molecule has 1 aromatic heterocycles. The molecule has 0 radical (unpaired) electrons. The van der Waals surface area contributed by atoms with Crippen molar-refractivity contribution in [3.05, 3.63) is 71.6 Å². The lowest BCUT2D eigenvalue weighted by Crippen LogP contribution is -2.26. The fourth-order valence-electron chi connectivity index (χ4n) is 2.57. The molecular weight excluding hydrogens is 336 g/mol. The van der Waals surface area contributed by atoms with Gasteiger partial charge in [0.05, 0.1) is 17.1 Å². The van der Waals surface area contributed by atoms with Gasteiger partial charge < -0.3 is 4.42 Å². The number of aromatic nitrogens is 1. The van der Waals surface area contributed by atoms with Crippen molar-refractivity contribution in [2.75, 3.05) is 7.05 Å². The van der Waals surface area contributed by atoms with Crippen molar-refractivity contribution >= 4 is 10.0 Å². The number of sulfonamides is 1. The summed E-state index contributed by atoms with van der Waals surface area (Å²) in [5.41, 5.74) is 2.58. The fraction of sp³-hybridized carbons (Fsp3) is 0.211. The van der Waals surface area contributed by atoms with Crippen LogP contribution in [0.25, 0.3) is 11.5 Å². The zero-order valence-corrected chi connectivity index (χ0v) is 15.2. The molecule has 3 aromatic rings. The van der Waals surface area contributed by atoms with E-state index in [0.717, 1.165) is 11.1 Å². The summed E-state index contributed by atoms with van der Waals surface area (Å²) in [4.78, 5) is 4.78. The maximum absolute atomic E-state index is 12.6. The summed E-state index contributed by atoms with van der Waals surface area (Å²) in [6, 6.07) is 16.2. The highest BCUT2D eigenvalue weighted by atomic mass is 32.2. The zero-order chi connectivity index (χ0) is 18.0. The van der Waals surface area contributed by atoms with Gasteiger partial charge in [-0.3, -0.25) is 0 Å². The molecule has 0 aliphatic heterocycles. The molecule has 0 aliphatic rings. The summed E-state index contributed by atoms with van der Waals surface area (Å²) in [5, 5.41) is 0. The molecule has 0 atom stereocenters. The number of benzene rings is 2. The molecule has 0 fully saturated rings. The van der Waals surface area contributed by atoms with Crippen LogP contribution in [0.1, 0.15) is 17.0 Å². The normalized spacial score (nSPS) is 11.8. The minimum absolute atomic E-state index is 0.151. The molecule has 130 valence electrons.